The van der Waals surface area contributed by atoms with Gasteiger partial charge in [0.15, 0.2) is 10.6 Å². The Labute approximate surface area is 193 Å². The molecule has 0 saturated heterocycles. The maximum atomic E-state index is 13.1. The normalized spacial score (nSPS) is 14.2. The molecule has 5 nitrogen and oxygen atoms in total. The number of nitrogens with zero attached hydrogens (tertiary/aromatic N) is 2. The molecule has 158 valence electrons. The lowest BCUT2D eigenvalue weighted by Crippen LogP contribution is -2.32. The van der Waals surface area contributed by atoms with Gasteiger partial charge in [0, 0.05) is 4.88 Å². The molecule has 1 atom stereocenters. The fourth-order valence-corrected chi connectivity index (χ4v) is 5.84. The molecular formula is C23H22N4OS3. The van der Waals surface area contributed by atoms with Gasteiger partial charge in [0.05, 0.1) is 10.9 Å². The minimum absolute atomic E-state index is 0.0913. The summed E-state index contributed by atoms with van der Waals surface area (Å²) >= 11 is 8.62. The van der Waals surface area contributed by atoms with Crippen LogP contribution in [-0.2, 0) is 24.2 Å². The molecule has 3 aromatic heterocycles. The van der Waals surface area contributed by atoms with E-state index in [1.54, 1.807) is 27.2 Å². The smallest absolute Gasteiger partial charge is 0.240 e. The third kappa shape index (κ3) is 4.28. The lowest BCUT2D eigenvalue weighted by atomic mass is 9.89. The average Bonchev–Trinajstić information content (AvgIpc) is 3.55. The molecule has 2 N–H and O–H groups in total. The number of aromatic nitrogens is 3. The van der Waals surface area contributed by atoms with Crippen molar-refractivity contribution in [2.45, 2.75) is 38.3 Å². The van der Waals surface area contributed by atoms with Crippen molar-refractivity contribution in [3.05, 3.63) is 79.6 Å². The van der Waals surface area contributed by atoms with E-state index in [0.29, 0.717) is 10.6 Å². The van der Waals surface area contributed by atoms with E-state index in [4.69, 9.17) is 12.2 Å². The van der Waals surface area contributed by atoms with Crippen molar-refractivity contribution >= 4 is 40.8 Å². The van der Waals surface area contributed by atoms with E-state index in [-0.39, 0.29) is 18.5 Å². The van der Waals surface area contributed by atoms with Crippen molar-refractivity contribution in [2.75, 3.05) is 0 Å². The Kier molecular flexibility index (Phi) is 5.85. The third-order valence-electron chi connectivity index (χ3n) is 5.64. The highest BCUT2D eigenvalue weighted by molar-refractivity contribution is 7.71. The van der Waals surface area contributed by atoms with E-state index in [9.17, 15) is 4.79 Å². The second kappa shape index (κ2) is 8.90. The van der Waals surface area contributed by atoms with Crippen molar-refractivity contribution in [2.24, 2.45) is 0 Å². The number of carbonyl (C=O) groups is 1. The minimum Gasteiger partial charge on any atom is -0.343 e. The Hall–Kier alpha value is -2.55. The summed E-state index contributed by atoms with van der Waals surface area (Å²) in [6.07, 6.45) is 4.75. The number of benzene rings is 1. The molecule has 1 amide bonds. The Balaban J connectivity index is 1.42. The van der Waals surface area contributed by atoms with Crippen LogP contribution in [0.4, 0.5) is 0 Å². The van der Waals surface area contributed by atoms with Gasteiger partial charge >= 0.3 is 0 Å². The van der Waals surface area contributed by atoms with Crippen molar-refractivity contribution in [1.82, 2.24) is 20.1 Å². The molecule has 3 heterocycles. The van der Waals surface area contributed by atoms with Gasteiger partial charge in [-0.15, -0.1) is 22.7 Å². The van der Waals surface area contributed by atoms with Gasteiger partial charge in [-0.25, -0.2) is 0 Å². The molecule has 1 aliphatic rings. The van der Waals surface area contributed by atoms with Crippen LogP contribution in [0.3, 0.4) is 0 Å². The van der Waals surface area contributed by atoms with Crippen LogP contribution in [0.1, 0.15) is 40.5 Å². The molecule has 4 aromatic rings. The van der Waals surface area contributed by atoms with Gasteiger partial charge in [-0.1, -0.05) is 30.3 Å². The standard InChI is InChI=1S/C23H22N4OS3/c28-20(14-27-22(25-26-23(27)29)19-8-4-12-31-19)24-21(18-7-3-11-30-18)17-10-9-15-5-1-2-6-16(15)13-17/h3-4,7-13,21H,1-2,5-6,14H2,(H,24,28)(H,26,29). The number of hydrogen-bond acceptors (Lipinski definition) is 5. The van der Waals surface area contributed by atoms with E-state index in [0.717, 1.165) is 28.2 Å². The van der Waals surface area contributed by atoms with Gasteiger partial charge < -0.3 is 5.32 Å². The highest BCUT2D eigenvalue weighted by Gasteiger charge is 2.21. The summed E-state index contributed by atoms with van der Waals surface area (Å²) in [5.41, 5.74) is 3.99. The summed E-state index contributed by atoms with van der Waals surface area (Å²) in [5, 5.41) is 14.4. The maximum Gasteiger partial charge on any atom is 0.240 e. The first-order valence-electron chi connectivity index (χ1n) is 10.3. The minimum atomic E-state index is -0.175. The lowest BCUT2D eigenvalue weighted by molar-refractivity contribution is -0.122. The quantitative estimate of drug-likeness (QED) is 0.368. The van der Waals surface area contributed by atoms with E-state index in [2.05, 4.69) is 39.8 Å². The number of amides is 1. The molecule has 1 aliphatic carbocycles. The Bertz CT molecular complexity index is 1240. The summed E-state index contributed by atoms with van der Waals surface area (Å²) in [7, 11) is 0. The molecule has 0 radical (unpaired) electrons. The summed E-state index contributed by atoms with van der Waals surface area (Å²) in [5.74, 6) is 0.600. The van der Waals surface area contributed by atoms with Crippen LogP contribution >= 0.6 is 34.9 Å². The summed E-state index contributed by atoms with van der Waals surface area (Å²) in [6.45, 7) is 0.120. The highest BCUT2D eigenvalue weighted by Crippen LogP contribution is 2.30. The summed E-state index contributed by atoms with van der Waals surface area (Å²) < 4.78 is 2.20. The molecule has 0 saturated carbocycles. The first kappa shape index (κ1) is 20.4. The number of fused-ring (bicyclic) bond motifs is 1. The van der Waals surface area contributed by atoms with Gasteiger partial charge in [-0.2, -0.15) is 5.10 Å². The van der Waals surface area contributed by atoms with Gasteiger partial charge in [-0.3, -0.25) is 14.5 Å². The first-order valence-corrected chi connectivity index (χ1v) is 12.5. The fourth-order valence-electron chi connectivity index (χ4n) is 4.12. The molecule has 1 unspecified atom stereocenters. The van der Waals surface area contributed by atoms with Crippen LogP contribution < -0.4 is 5.32 Å². The number of H-pyrrole nitrogens is 1. The van der Waals surface area contributed by atoms with Crippen molar-refractivity contribution in [1.29, 1.82) is 0 Å². The molecule has 0 bridgehead atoms. The maximum absolute atomic E-state index is 13.1. The largest absolute Gasteiger partial charge is 0.343 e. The monoisotopic (exact) mass is 466 g/mol. The SMILES string of the molecule is O=C(Cn1c(-c2cccs2)n[nH]c1=S)NC(c1ccc2c(c1)CCCC2)c1cccs1. The highest BCUT2D eigenvalue weighted by atomic mass is 32.1. The third-order valence-corrected chi connectivity index (χ3v) is 7.76. The van der Waals surface area contributed by atoms with Crippen LogP contribution in [0, 0.1) is 4.77 Å². The molecule has 0 spiro atoms. The summed E-state index contributed by atoms with van der Waals surface area (Å²) in [4.78, 5) is 15.2. The molecule has 1 aromatic carbocycles. The molecule has 8 heteroatoms. The second-order valence-electron chi connectivity index (χ2n) is 7.67. The van der Waals surface area contributed by atoms with Gasteiger partial charge in [0.1, 0.15) is 6.54 Å². The summed E-state index contributed by atoms with van der Waals surface area (Å²) in [6, 6.07) is 14.5. The predicted molar refractivity (Wildman–Crippen MR) is 128 cm³/mol. The van der Waals surface area contributed by atoms with E-state index in [1.165, 1.54) is 24.0 Å². The van der Waals surface area contributed by atoms with Crippen molar-refractivity contribution in [3.8, 4) is 10.7 Å². The molecule has 0 aliphatic heterocycles. The van der Waals surface area contributed by atoms with Crippen molar-refractivity contribution < 1.29 is 4.79 Å². The molecule has 31 heavy (non-hydrogen) atoms. The number of aromatic amines is 1. The Morgan fingerprint density at radius 1 is 1.13 bits per heavy atom. The Morgan fingerprint density at radius 3 is 2.71 bits per heavy atom. The van der Waals surface area contributed by atoms with Crippen LogP contribution in [0.5, 0.6) is 0 Å². The van der Waals surface area contributed by atoms with Crippen LogP contribution in [0.2, 0.25) is 0 Å². The molecule has 5 rings (SSSR count). The zero-order valence-corrected chi connectivity index (χ0v) is 19.3. The first-order chi connectivity index (χ1) is 15.2. The van der Waals surface area contributed by atoms with E-state index in [1.807, 2.05) is 29.0 Å². The number of nitrogens with one attached hydrogen (secondary N) is 2. The zero-order chi connectivity index (χ0) is 21.2. The van der Waals surface area contributed by atoms with Gasteiger partial charge in [-0.05, 0) is 77.5 Å². The van der Waals surface area contributed by atoms with Gasteiger partial charge in [0.25, 0.3) is 0 Å². The van der Waals surface area contributed by atoms with Crippen LogP contribution in [-0.4, -0.2) is 20.7 Å². The predicted octanol–water partition coefficient (Wildman–Crippen LogP) is 5.52. The number of hydrogen-bond donors (Lipinski definition) is 2. The molecular weight excluding hydrogens is 444 g/mol. The van der Waals surface area contributed by atoms with Gasteiger partial charge in [0.2, 0.25) is 5.91 Å². The second-order valence-corrected chi connectivity index (χ2v) is 9.98. The molecule has 0 fully saturated rings. The number of thiophene rings is 2. The lowest BCUT2D eigenvalue weighted by Gasteiger charge is -2.22. The number of carbonyl (C=O) groups excluding carboxylic acids is 1. The van der Waals surface area contributed by atoms with E-state index >= 15 is 0 Å². The fraction of sp³-hybridized carbons (Fsp3) is 0.261. The van der Waals surface area contributed by atoms with Crippen LogP contribution in [0.15, 0.2) is 53.2 Å². The average molecular weight is 467 g/mol. The Morgan fingerprint density at radius 2 is 1.94 bits per heavy atom. The number of rotatable bonds is 6. The zero-order valence-electron chi connectivity index (χ0n) is 16.8. The number of aryl methyl sites for hydroxylation is 2. The topological polar surface area (TPSA) is 62.7 Å². The van der Waals surface area contributed by atoms with Crippen molar-refractivity contribution in [3.63, 3.8) is 0 Å². The van der Waals surface area contributed by atoms with Crippen LogP contribution in [0.25, 0.3) is 10.7 Å². The van der Waals surface area contributed by atoms with E-state index < -0.39 is 0 Å².